The predicted molar refractivity (Wildman–Crippen MR) is 117 cm³/mol. The van der Waals surface area contributed by atoms with Crippen molar-refractivity contribution in [3.63, 3.8) is 0 Å². The Morgan fingerprint density at radius 3 is 2.74 bits per heavy atom. The fourth-order valence-corrected chi connectivity index (χ4v) is 3.83. The van der Waals surface area contributed by atoms with Gasteiger partial charge in [-0.05, 0) is 31.1 Å². The average Bonchev–Trinajstić information content (AvgIpc) is 3.23. The normalized spacial score (nSPS) is 14.7. The molecule has 8 nitrogen and oxygen atoms in total. The van der Waals surface area contributed by atoms with Gasteiger partial charge >= 0.3 is 0 Å². The largest absolute Gasteiger partial charge is 0.361 e. The number of rotatable bonds is 5. The lowest BCUT2D eigenvalue weighted by Gasteiger charge is -2.29. The number of nitro groups is 1. The molecule has 0 bridgehead atoms. The Bertz CT molecular complexity index is 1200. The van der Waals surface area contributed by atoms with Crippen LogP contribution in [0.2, 0.25) is 0 Å². The van der Waals surface area contributed by atoms with E-state index in [0.717, 1.165) is 22.9 Å². The van der Waals surface area contributed by atoms with Gasteiger partial charge in [0.05, 0.1) is 4.92 Å². The van der Waals surface area contributed by atoms with Crippen molar-refractivity contribution in [3.05, 3.63) is 82.0 Å². The fraction of sp³-hybridized carbons (Fsp3) is 0.217. The molecule has 1 aromatic heterocycles. The van der Waals surface area contributed by atoms with Gasteiger partial charge in [0.15, 0.2) is 0 Å². The summed E-state index contributed by atoms with van der Waals surface area (Å²) in [6.45, 7) is 2.64. The van der Waals surface area contributed by atoms with Crippen molar-refractivity contribution in [1.29, 1.82) is 0 Å². The van der Waals surface area contributed by atoms with E-state index >= 15 is 0 Å². The number of aromatic nitrogens is 1. The first-order chi connectivity index (χ1) is 14.9. The Morgan fingerprint density at radius 1 is 1.19 bits per heavy atom. The standard InChI is InChI=1S/C23H22N4O4/c1-15(25-22(28)17-5-4-6-18(13-17)27(30)31)23(29)26-11-9-16(10-12-26)20-14-24-21-8-3-2-7-19(20)21/h2-9,13-15,24H,10-12H2,1H3,(H,25,28). The summed E-state index contributed by atoms with van der Waals surface area (Å²) < 4.78 is 0. The van der Waals surface area contributed by atoms with Gasteiger partial charge in [-0.15, -0.1) is 0 Å². The number of amides is 2. The van der Waals surface area contributed by atoms with Crippen LogP contribution in [0.25, 0.3) is 16.5 Å². The van der Waals surface area contributed by atoms with Crippen LogP contribution in [0.4, 0.5) is 5.69 Å². The second kappa shape index (κ2) is 8.43. The zero-order chi connectivity index (χ0) is 22.0. The van der Waals surface area contributed by atoms with Gasteiger partial charge in [-0.3, -0.25) is 19.7 Å². The molecule has 1 aliphatic heterocycles. The Hall–Kier alpha value is -3.94. The maximum absolute atomic E-state index is 12.8. The number of nitro benzene ring substituents is 1. The van der Waals surface area contributed by atoms with Crippen LogP contribution >= 0.6 is 0 Å². The highest BCUT2D eigenvalue weighted by molar-refractivity contribution is 5.98. The van der Waals surface area contributed by atoms with Crippen LogP contribution in [-0.4, -0.2) is 45.8 Å². The molecule has 0 radical (unpaired) electrons. The molecule has 158 valence electrons. The number of benzene rings is 2. The molecule has 2 N–H and O–H groups in total. The zero-order valence-corrected chi connectivity index (χ0v) is 17.0. The summed E-state index contributed by atoms with van der Waals surface area (Å²) in [5.41, 5.74) is 3.39. The molecular weight excluding hydrogens is 396 g/mol. The fourth-order valence-electron chi connectivity index (χ4n) is 3.83. The Morgan fingerprint density at radius 2 is 2.00 bits per heavy atom. The molecule has 8 heteroatoms. The lowest BCUT2D eigenvalue weighted by molar-refractivity contribution is -0.384. The van der Waals surface area contributed by atoms with E-state index < -0.39 is 16.9 Å². The molecule has 31 heavy (non-hydrogen) atoms. The molecule has 2 aromatic carbocycles. The number of nitrogens with one attached hydrogen (secondary N) is 2. The van der Waals surface area contributed by atoms with Crippen molar-refractivity contribution in [2.45, 2.75) is 19.4 Å². The van der Waals surface area contributed by atoms with Gasteiger partial charge in [-0.2, -0.15) is 0 Å². The second-order valence-corrected chi connectivity index (χ2v) is 7.51. The Kier molecular flexibility index (Phi) is 5.53. The topological polar surface area (TPSA) is 108 Å². The first-order valence-corrected chi connectivity index (χ1v) is 10.0. The highest BCUT2D eigenvalue weighted by Crippen LogP contribution is 2.29. The monoisotopic (exact) mass is 418 g/mol. The van der Waals surface area contributed by atoms with Crippen LogP contribution < -0.4 is 5.32 Å². The molecule has 1 unspecified atom stereocenters. The summed E-state index contributed by atoms with van der Waals surface area (Å²) in [5.74, 6) is -0.704. The average molecular weight is 418 g/mol. The molecular formula is C23H22N4O4. The van der Waals surface area contributed by atoms with Gasteiger partial charge < -0.3 is 15.2 Å². The SMILES string of the molecule is CC(NC(=O)c1cccc([N+](=O)[O-])c1)C(=O)N1CC=C(c2c[nH]c3ccccc23)CC1. The van der Waals surface area contributed by atoms with Gasteiger partial charge in [0.25, 0.3) is 11.6 Å². The smallest absolute Gasteiger partial charge is 0.270 e. The molecule has 0 spiro atoms. The van der Waals surface area contributed by atoms with Crippen molar-refractivity contribution in [1.82, 2.24) is 15.2 Å². The number of H-pyrrole nitrogens is 1. The minimum Gasteiger partial charge on any atom is -0.361 e. The number of carbonyl (C=O) groups excluding carboxylic acids is 2. The summed E-state index contributed by atoms with van der Waals surface area (Å²) in [4.78, 5) is 40.6. The van der Waals surface area contributed by atoms with Gasteiger partial charge in [0, 0.05) is 53.4 Å². The highest BCUT2D eigenvalue weighted by atomic mass is 16.6. The van der Waals surface area contributed by atoms with Gasteiger partial charge in [0.2, 0.25) is 5.91 Å². The molecule has 0 saturated heterocycles. The van der Waals surface area contributed by atoms with E-state index in [1.165, 1.54) is 29.8 Å². The van der Waals surface area contributed by atoms with Crippen molar-refractivity contribution in [2.75, 3.05) is 13.1 Å². The van der Waals surface area contributed by atoms with Crippen molar-refractivity contribution < 1.29 is 14.5 Å². The number of hydrogen-bond donors (Lipinski definition) is 2. The van der Waals surface area contributed by atoms with E-state index in [1.54, 1.807) is 11.8 Å². The molecule has 0 fully saturated rings. The highest BCUT2D eigenvalue weighted by Gasteiger charge is 2.25. The Balaban J connectivity index is 1.40. The number of nitrogens with zero attached hydrogens (tertiary/aromatic N) is 2. The summed E-state index contributed by atoms with van der Waals surface area (Å²) in [6.07, 6.45) is 4.77. The van der Waals surface area contributed by atoms with Crippen LogP contribution in [0.5, 0.6) is 0 Å². The van der Waals surface area contributed by atoms with E-state index in [1.807, 2.05) is 30.5 Å². The maximum Gasteiger partial charge on any atom is 0.270 e. The minimum absolute atomic E-state index is 0.147. The number of hydrogen-bond acceptors (Lipinski definition) is 4. The lowest BCUT2D eigenvalue weighted by Crippen LogP contribution is -2.48. The van der Waals surface area contributed by atoms with Gasteiger partial charge in [-0.25, -0.2) is 0 Å². The first-order valence-electron chi connectivity index (χ1n) is 10.0. The number of carbonyl (C=O) groups is 2. The molecule has 4 rings (SSSR count). The number of aromatic amines is 1. The van der Waals surface area contributed by atoms with Crippen molar-refractivity contribution >= 4 is 34.0 Å². The molecule has 1 aliphatic rings. The molecule has 2 heterocycles. The minimum atomic E-state index is -0.741. The first kappa shape index (κ1) is 20.3. The van der Waals surface area contributed by atoms with Crippen LogP contribution in [0.3, 0.4) is 0 Å². The zero-order valence-electron chi connectivity index (χ0n) is 17.0. The third-order valence-corrected chi connectivity index (χ3v) is 5.49. The predicted octanol–water partition coefficient (Wildman–Crippen LogP) is 3.51. The van der Waals surface area contributed by atoms with Crippen LogP contribution in [-0.2, 0) is 4.79 Å². The Labute approximate surface area is 178 Å². The molecule has 2 amide bonds. The number of non-ortho nitro benzene ring substituents is 1. The number of fused-ring (bicyclic) bond motifs is 1. The van der Waals surface area contributed by atoms with Crippen LogP contribution in [0.15, 0.2) is 60.8 Å². The van der Waals surface area contributed by atoms with E-state index in [4.69, 9.17) is 0 Å². The summed E-state index contributed by atoms with van der Waals surface area (Å²) >= 11 is 0. The molecule has 0 aliphatic carbocycles. The van der Waals surface area contributed by atoms with Crippen LogP contribution in [0.1, 0.15) is 29.3 Å². The van der Waals surface area contributed by atoms with Crippen molar-refractivity contribution in [2.24, 2.45) is 0 Å². The van der Waals surface area contributed by atoms with E-state index in [2.05, 4.69) is 16.4 Å². The third kappa shape index (κ3) is 4.18. The third-order valence-electron chi connectivity index (χ3n) is 5.49. The number of para-hydroxylation sites is 1. The van der Waals surface area contributed by atoms with Gasteiger partial charge in [-0.1, -0.05) is 30.3 Å². The molecule has 3 aromatic rings. The summed E-state index contributed by atoms with van der Waals surface area (Å²) in [7, 11) is 0. The quantitative estimate of drug-likeness (QED) is 0.488. The molecule has 1 atom stereocenters. The van der Waals surface area contributed by atoms with E-state index in [0.29, 0.717) is 13.1 Å². The van der Waals surface area contributed by atoms with E-state index in [-0.39, 0.29) is 17.2 Å². The second-order valence-electron chi connectivity index (χ2n) is 7.51. The summed E-state index contributed by atoms with van der Waals surface area (Å²) in [6, 6.07) is 12.8. The van der Waals surface area contributed by atoms with Crippen molar-refractivity contribution in [3.8, 4) is 0 Å². The lowest BCUT2D eigenvalue weighted by atomic mass is 9.98. The maximum atomic E-state index is 12.8. The van der Waals surface area contributed by atoms with E-state index in [9.17, 15) is 19.7 Å². The van der Waals surface area contributed by atoms with Gasteiger partial charge in [0.1, 0.15) is 6.04 Å². The molecule has 0 saturated carbocycles. The summed E-state index contributed by atoms with van der Waals surface area (Å²) in [5, 5.41) is 14.7. The van der Waals surface area contributed by atoms with Crippen LogP contribution in [0, 0.1) is 10.1 Å².